The van der Waals surface area contributed by atoms with E-state index in [1.807, 2.05) is 24.3 Å². The quantitative estimate of drug-likeness (QED) is 0.809. The molecule has 2 aromatic rings. The Hall–Kier alpha value is -0.650. The summed E-state index contributed by atoms with van der Waals surface area (Å²) in [6.07, 6.45) is 0. The van der Waals surface area contributed by atoms with Crippen molar-refractivity contribution < 1.29 is 0 Å². The number of thioether (sulfide) groups is 2. The van der Waals surface area contributed by atoms with Crippen molar-refractivity contribution >= 4 is 35.1 Å². The summed E-state index contributed by atoms with van der Waals surface area (Å²) in [5, 5.41) is 11.2. The lowest BCUT2D eigenvalue weighted by Gasteiger charge is -2.02. The van der Waals surface area contributed by atoms with Crippen LogP contribution in [-0.4, -0.2) is 20.5 Å². The van der Waals surface area contributed by atoms with Gasteiger partial charge in [0.15, 0.2) is 10.3 Å². The summed E-state index contributed by atoms with van der Waals surface area (Å²) in [6, 6.07) is 7.93. The predicted octanol–water partition coefficient (Wildman–Crippen LogP) is 3.33. The molecule has 88 valence electrons. The summed E-state index contributed by atoms with van der Waals surface area (Å²) >= 11 is 9.35. The number of benzene rings is 1. The number of rotatable bonds is 3. The first-order chi connectivity index (χ1) is 8.33. The third kappa shape index (κ3) is 2.46. The van der Waals surface area contributed by atoms with E-state index >= 15 is 0 Å². The van der Waals surface area contributed by atoms with E-state index in [1.54, 1.807) is 23.5 Å². The number of nitrogens with zero attached hydrogens (tertiary/aromatic N) is 3. The van der Waals surface area contributed by atoms with Crippen LogP contribution in [0.25, 0.3) is 0 Å². The first-order valence-corrected chi connectivity index (χ1v) is 7.61. The maximum atomic E-state index is 5.85. The fraction of sp³-hybridized carbons (Fsp3) is 0.273. The van der Waals surface area contributed by atoms with E-state index in [9.17, 15) is 0 Å². The summed E-state index contributed by atoms with van der Waals surface area (Å²) in [4.78, 5) is 0. The van der Waals surface area contributed by atoms with Crippen molar-refractivity contribution in [3.05, 3.63) is 34.9 Å². The monoisotopic (exact) mass is 283 g/mol. The summed E-state index contributed by atoms with van der Waals surface area (Å²) in [5.74, 6) is 2.01. The minimum atomic E-state index is 0.776. The highest BCUT2D eigenvalue weighted by Crippen LogP contribution is 2.30. The van der Waals surface area contributed by atoms with Gasteiger partial charge in [-0.15, -0.1) is 10.2 Å². The molecule has 0 atom stereocenters. The lowest BCUT2D eigenvalue weighted by molar-refractivity contribution is 0.656. The Morgan fingerprint density at radius 1 is 1.29 bits per heavy atom. The van der Waals surface area contributed by atoms with Gasteiger partial charge in [0.25, 0.3) is 0 Å². The molecule has 0 aliphatic carbocycles. The molecule has 0 radical (unpaired) electrons. The van der Waals surface area contributed by atoms with Crippen molar-refractivity contribution in [2.75, 3.05) is 5.75 Å². The zero-order valence-corrected chi connectivity index (χ0v) is 11.4. The van der Waals surface area contributed by atoms with E-state index < -0.39 is 0 Å². The van der Waals surface area contributed by atoms with Gasteiger partial charge in [-0.3, -0.25) is 4.57 Å². The van der Waals surface area contributed by atoms with Crippen molar-refractivity contribution in [2.24, 2.45) is 0 Å². The summed E-state index contributed by atoms with van der Waals surface area (Å²) < 4.78 is 2.19. The van der Waals surface area contributed by atoms with Crippen LogP contribution in [0.15, 0.2) is 34.6 Å². The number of fused-ring (bicyclic) bond motifs is 1. The molecule has 1 aromatic carbocycles. The average Bonchev–Trinajstić information content (AvgIpc) is 2.91. The van der Waals surface area contributed by atoms with Gasteiger partial charge >= 0.3 is 0 Å². The molecular formula is C11H10ClN3S2. The first kappa shape index (κ1) is 11.4. The fourth-order valence-corrected chi connectivity index (χ4v) is 3.63. The topological polar surface area (TPSA) is 30.7 Å². The average molecular weight is 284 g/mol. The largest absolute Gasteiger partial charge is 0.296 e. The van der Waals surface area contributed by atoms with Gasteiger partial charge in [0, 0.05) is 23.1 Å². The van der Waals surface area contributed by atoms with Crippen LogP contribution in [0.1, 0.15) is 5.56 Å². The van der Waals surface area contributed by atoms with Crippen LogP contribution in [0, 0.1) is 0 Å². The molecule has 1 aliphatic rings. The van der Waals surface area contributed by atoms with Gasteiger partial charge in [-0.2, -0.15) is 0 Å². The van der Waals surface area contributed by atoms with Crippen LogP contribution in [0.5, 0.6) is 0 Å². The molecule has 0 amide bonds. The molecule has 0 N–H and O–H groups in total. The minimum Gasteiger partial charge on any atom is -0.296 e. The third-order valence-electron chi connectivity index (χ3n) is 2.51. The van der Waals surface area contributed by atoms with Crippen LogP contribution in [0.2, 0.25) is 5.02 Å². The Balaban J connectivity index is 1.69. The molecule has 2 heterocycles. The molecule has 0 fully saturated rings. The Morgan fingerprint density at radius 3 is 2.94 bits per heavy atom. The third-order valence-corrected chi connectivity index (χ3v) is 4.75. The normalized spacial score (nSPS) is 13.9. The van der Waals surface area contributed by atoms with Gasteiger partial charge in [-0.1, -0.05) is 47.3 Å². The SMILES string of the molecule is Clc1ccc(CSc2nnc3n2CCS3)cc1. The molecule has 3 nitrogen and oxygen atoms in total. The van der Waals surface area contributed by atoms with E-state index in [-0.39, 0.29) is 0 Å². The van der Waals surface area contributed by atoms with Crippen LogP contribution in [0.3, 0.4) is 0 Å². The summed E-state index contributed by atoms with van der Waals surface area (Å²) in [5.41, 5.74) is 1.25. The van der Waals surface area contributed by atoms with Gasteiger partial charge in [-0.05, 0) is 17.7 Å². The predicted molar refractivity (Wildman–Crippen MR) is 71.8 cm³/mol. The van der Waals surface area contributed by atoms with E-state index in [0.29, 0.717) is 0 Å². The fourth-order valence-electron chi connectivity index (χ4n) is 1.64. The lowest BCUT2D eigenvalue weighted by atomic mass is 10.2. The van der Waals surface area contributed by atoms with Crippen molar-refractivity contribution in [3.63, 3.8) is 0 Å². The van der Waals surface area contributed by atoms with E-state index in [2.05, 4.69) is 14.8 Å². The minimum absolute atomic E-state index is 0.776. The molecule has 17 heavy (non-hydrogen) atoms. The van der Waals surface area contributed by atoms with Crippen LogP contribution in [-0.2, 0) is 12.3 Å². The molecule has 0 saturated heterocycles. The molecule has 0 spiro atoms. The Labute approximate surface area is 113 Å². The number of hydrogen-bond donors (Lipinski definition) is 0. The summed E-state index contributed by atoms with van der Waals surface area (Å²) in [6.45, 7) is 1.02. The molecule has 0 unspecified atom stereocenters. The van der Waals surface area contributed by atoms with Crippen molar-refractivity contribution in [1.29, 1.82) is 0 Å². The Kier molecular flexibility index (Phi) is 3.31. The highest BCUT2D eigenvalue weighted by atomic mass is 35.5. The molecule has 0 bridgehead atoms. The van der Waals surface area contributed by atoms with Crippen molar-refractivity contribution in [3.8, 4) is 0 Å². The molecular weight excluding hydrogens is 274 g/mol. The smallest absolute Gasteiger partial charge is 0.192 e. The van der Waals surface area contributed by atoms with Crippen molar-refractivity contribution in [2.45, 2.75) is 22.6 Å². The highest BCUT2D eigenvalue weighted by molar-refractivity contribution is 7.99. The van der Waals surface area contributed by atoms with Gasteiger partial charge < -0.3 is 0 Å². The van der Waals surface area contributed by atoms with Gasteiger partial charge in [0.2, 0.25) is 0 Å². The second-order valence-electron chi connectivity index (χ2n) is 3.68. The zero-order valence-electron chi connectivity index (χ0n) is 8.97. The first-order valence-electron chi connectivity index (χ1n) is 5.26. The summed E-state index contributed by atoms with van der Waals surface area (Å²) in [7, 11) is 0. The molecule has 0 saturated carbocycles. The highest BCUT2D eigenvalue weighted by Gasteiger charge is 2.17. The lowest BCUT2D eigenvalue weighted by Crippen LogP contribution is -1.96. The standard InChI is InChI=1S/C11H10ClN3S2/c12-9-3-1-8(2-4-9)7-17-11-14-13-10-15(11)5-6-16-10/h1-4H,5-7H2. The van der Waals surface area contributed by atoms with Gasteiger partial charge in [0.1, 0.15) is 0 Å². The van der Waals surface area contributed by atoms with Crippen LogP contribution in [0.4, 0.5) is 0 Å². The molecule has 6 heteroatoms. The molecule has 1 aliphatic heterocycles. The number of halogens is 1. The van der Waals surface area contributed by atoms with Crippen molar-refractivity contribution in [1.82, 2.24) is 14.8 Å². The maximum absolute atomic E-state index is 5.85. The van der Waals surface area contributed by atoms with Gasteiger partial charge in [-0.25, -0.2) is 0 Å². The Morgan fingerprint density at radius 2 is 2.12 bits per heavy atom. The van der Waals surface area contributed by atoms with Gasteiger partial charge in [0.05, 0.1) is 0 Å². The van der Waals surface area contributed by atoms with E-state index in [0.717, 1.165) is 33.4 Å². The van der Waals surface area contributed by atoms with Crippen LogP contribution >= 0.6 is 35.1 Å². The number of aromatic nitrogens is 3. The second kappa shape index (κ2) is 4.92. The maximum Gasteiger partial charge on any atom is 0.192 e. The van der Waals surface area contributed by atoms with E-state index in [1.165, 1.54) is 5.56 Å². The number of hydrogen-bond acceptors (Lipinski definition) is 4. The molecule has 1 aromatic heterocycles. The molecule has 3 rings (SSSR count). The Bertz CT molecular complexity index is 524. The zero-order chi connectivity index (χ0) is 11.7. The second-order valence-corrected chi connectivity index (χ2v) is 6.12. The van der Waals surface area contributed by atoms with E-state index in [4.69, 9.17) is 11.6 Å². The van der Waals surface area contributed by atoms with Crippen LogP contribution < -0.4 is 0 Å².